The minimum absolute atomic E-state index is 0.0562. The first-order chi connectivity index (χ1) is 39.0. The molecule has 3 aliphatic heterocycles. The number of nitrogens with one attached hydrogen (secondary N) is 1. The van der Waals surface area contributed by atoms with E-state index in [-0.39, 0.29) is 37.7 Å². The molecule has 2 saturated heterocycles. The van der Waals surface area contributed by atoms with Crippen molar-refractivity contribution in [1.82, 2.24) is 5.32 Å². The van der Waals surface area contributed by atoms with Crippen LogP contribution in [-0.2, 0) is 33.3 Å². The van der Waals surface area contributed by atoms with Crippen LogP contribution in [-0.4, -0.2) is 178 Å². The van der Waals surface area contributed by atoms with Crippen LogP contribution in [0.25, 0.3) is 11.1 Å². The predicted molar refractivity (Wildman–Crippen MR) is 301 cm³/mol. The Labute approximate surface area is 478 Å². The van der Waals surface area contributed by atoms with E-state index in [1.54, 1.807) is 86.8 Å². The molecule has 3 heterocycles. The van der Waals surface area contributed by atoms with E-state index in [1.165, 1.54) is 13.0 Å². The molecule has 3 unspecified atom stereocenters. The highest BCUT2D eigenvalue weighted by Gasteiger charge is 2.51. The van der Waals surface area contributed by atoms with E-state index in [2.05, 4.69) is 5.32 Å². The smallest absolute Gasteiger partial charge is 0.407 e. The largest absolute Gasteiger partial charge is 0.481 e. The normalized spacial score (nSPS) is 38.9. The molecule has 6 rings (SSSR count). The molecular weight excluding hydrogens is 1060 g/mol. The first-order valence-electron chi connectivity index (χ1n) is 28.1. The van der Waals surface area contributed by atoms with E-state index in [9.17, 15) is 70.6 Å². The number of aliphatic hydroxyl groups excluding tert-OH is 9. The van der Waals surface area contributed by atoms with Crippen molar-refractivity contribution < 1.29 is 94.2 Å². The van der Waals surface area contributed by atoms with Crippen LogP contribution in [0.3, 0.4) is 0 Å². The lowest BCUT2D eigenvalue weighted by molar-refractivity contribution is -0.309. The Hall–Kier alpha value is -5.69. The zero-order chi connectivity index (χ0) is 59.7. The molecule has 2 aromatic rings. The third kappa shape index (κ3) is 18.7. The van der Waals surface area contributed by atoms with Gasteiger partial charge in [-0.1, -0.05) is 147 Å². The third-order valence-corrected chi connectivity index (χ3v) is 15.6. The van der Waals surface area contributed by atoms with E-state index in [1.807, 2.05) is 61.5 Å². The molecule has 4 aliphatic rings. The van der Waals surface area contributed by atoms with Gasteiger partial charge in [-0.3, -0.25) is 9.59 Å². The molecule has 1 amide bonds. The molecule has 0 radical (unpaired) electrons. The maximum Gasteiger partial charge on any atom is 0.407 e. The monoisotopic (exact) mass is 1150 g/mol. The number of fused-ring (bicyclic) bond motifs is 5. The molecule has 0 saturated carbocycles. The lowest BCUT2D eigenvalue weighted by atomic mass is 9.82. The minimum Gasteiger partial charge on any atom is -0.481 e. The highest BCUT2D eigenvalue weighted by Crippen LogP contribution is 2.45. The highest BCUT2D eigenvalue weighted by atomic mass is 16.7. The third-order valence-electron chi connectivity index (χ3n) is 15.6. The van der Waals surface area contributed by atoms with Crippen LogP contribution in [0.5, 0.6) is 0 Å². The summed E-state index contributed by atoms with van der Waals surface area (Å²) in [6, 6.07) is 14.2. The summed E-state index contributed by atoms with van der Waals surface area (Å²) in [4.78, 5) is 39.0. The molecule has 2 bridgehead atoms. The highest BCUT2D eigenvalue weighted by molar-refractivity contribution is 5.79. The Morgan fingerprint density at radius 3 is 1.80 bits per heavy atom. The number of benzene rings is 2. The van der Waals surface area contributed by atoms with Crippen LogP contribution in [0.4, 0.5) is 4.79 Å². The number of rotatable bonds is 6. The second kappa shape index (κ2) is 31.3. The van der Waals surface area contributed by atoms with Crippen molar-refractivity contribution >= 4 is 18.0 Å². The Balaban J connectivity index is 1.19. The van der Waals surface area contributed by atoms with Gasteiger partial charge in [0.15, 0.2) is 12.1 Å². The number of hydrogen-bond donors (Lipinski definition) is 12. The molecule has 12 N–H and O–H groups in total. The van der Waals surface area contributed by atoms with Gasteiger partial charge in [0.2, 0.25) is 0 Å². The van der Waals surface area contributed by atoms with Gasteiger partial charge in [-0.25, -0.2) is 4.79 Å². The fourth-order valence-electron chi connectivity index (χ4n) is 10.9. The summed E-state index contributed by atoms with van der Waals surface area (Å²) >= 11 is 0. The quantitative estimate of drug-likeness (QED) is 0.180. The Morgan fingerprint density at radius 2 is 1.21 bits per heavy atom. The fourth-order valence-corrected chi connectivity index (χ4v) is 10.9. The fraction of sp³-hybridized carbons (Fsp3) is 0.532. The Kier molecular flexibility index (Phi) is 25.0. The minimum atomic E-state index is -2.40. The van der Waals surface area contributed by atoms with Gasteiger partial charge < -0.3 is 85.2 Å². The average molecular weight is 1150 g/mol. The molecule has 20 nitrogen and oxygen atoms in total. The number of amides is 1. The first kappa shape index (κ1) is 65.5. The maximum atomic E-state index is 13.5. The van der Waals surface area contributed by atoms with Crippen molar-refractivity contribution in [1.29, 1.82) is 0 Å². The van der Waals surface area contributed by atoms with Crippen molar-refractivity contribution in [2.24, 2.45) is 17.8 Å². The lowest BCUT2D eigenvalue weighted by Crippen LogP contribution is -2.64. The SMILES string of the molecule is CC1O[C@@H](O[C@H]2/C=C/C=C/C=C/C=C/C=C/C=C/C=C/[C@H](C)[C@@H](O)[C@@H](C)[C@H](C)OC(=O)C[C@H](O)C[C@H](O)CC[C@@H](O)[C@H](O)C[C@H](O)C[C@]3(O)C[C@H](O)[C@@H](C(=O)O)[C@H](C2)O3)[C@H](O)C(NC(=O)OCC2c3ccccc3-c3ccccc32)C1O. The molecule has 0 spiro atoms. The van der Waals surface area contributed by atoms with Crippen molar-refractivity contribution in [3.63, 3.8) is 0 Å². The molecule has 82 heavy (non-hydrogen) atoms. The number of alkyl carbamates (subject to hydrolysis) is 1. The summed E-state index contributed by atoms with van der Waals surface area (Å²) in [6.07, 6.45) is 0.660. The van der Waals surface area contributed by atoms with E-state index in [0.717, 1.165) is 22.3 Å². The molecular formula is C62H83NO19. The number of allylic oxidation sites excluding steroid dienone is 12. The predicted octanol–water partition coefficient (Wildman–Crippen LogP) is 4.29. The topological polar surface area (TPSA) is 332 Å². The molecule has 2 aromatic carbocycles. The second-order valence-electron chi connectivity index (χ2n) is 22.0. The van der Waals surface area contributed by atoms with Gasteiger partial charge in [0.05, 0.1) is 73.5 Å². The maximum absolute atomic E-state index is 13.5. The standard InChI is InChI=1S/C62H83NO19/c1-36-21-15-13-11-9-7-5-6-8-10-12-14-16-22-43(81-60-58(73)55(57(72)39(4)80-60)63-61(76)78-35-48-46-25-19-17-23-44(46)45-24-18-20-26-47(45)48)32-52-54(59(74)75)51(69)34-62(77,82-52)33-42(66)30-50(68)49(67)28-27-40(64)29-41(65)31-53(70)79-38(3)37(2)56(36)71/h5-26,36-43,48-52,54-58,60,64-69,71-73,77H,27-35H2,1-4H3,(H,63,76)(H,74,75)/b6-5+,9-7+,10-8+,13-11+,14-12+,21-15+,22-16+/t36-,37-,38-,39?,40+,41+,42-,43-,49+,50+,51-,52-,54+,55?,56+,57?,58+,60-,62+/m0/s1. The summed E-state index contributed by atoms with van der Waals surface area (Å²) in [7, 11) is 0. The van der Waals surface area contributed by atoms with Gasteiger partial charge in [0.25, 0.3) is 0 Å². The van der Waals surface area contributed by atoms with Crippen LogP contribution in [0.15, 0.2) is 134 Å². The second-order valence-corrected chi connectivity index (χ2v) is 22.0. The van der Waals surface area contributed by atoms with Gasteiger partial charge in [-0.05, 0) is 55.4 Å². The number of carbonyl (C=O) groups excluding carboxylic acids is 2. The molecule has 1 aliphatic carbocycles. The lowest BCUT2D eigenvalue weighted by Gasteiger charge is -2.45. The first-order valence-corrected chi connectivity index (χ1v) is 28.1. The number of ether oxygens (including phenoxy) is 5. The van der Waals surface area contributed by atoms with Crippen LogP contribution in [0.1, 0.15) is 96.1 Å². The number of carbonyl (C=O) groups is 3. The van der Waals surface area contributed by atoms with E-state index >= 15 is 0 Å². The zero-order valence-corrected chi connectivity index (χ0v) is 46.7. The number of esters is 1. The van der Waals surface area contributed by atoms with Gasteiger partial charge in [-0.2, -0.15) is 0 Å². The average Bonchev–Trinajstić information content (AvgIpc) is 3.16. The van der Waals surface area contributed by atoms with Crippen molar-refractivity contribution in [2.75, 3.05) is 6.61 Å². The van der Waals surface area contributed by atoms with Crippen molar-refractivity contribution in [2.45, 2.75) is 182 Å². The van der Waals surface area contributed by atoms with E-state index in [0.29, 0.717) is 0 Å². The molecule has 0 aromatic heterocycles. The molecule has 19 atom stereocenters. The van der Waals surface area contributed by atoms with Crippen LogP contribution >= 0.6 is 0 Å². The summed E-state index contributed by atoms with van der Waals surface area (Å²) in [6.45, 7) is 6.64. The number of carboxylic acid groups (broad SMARTS) is 1. The number of cyclic esters (lactones) is 1. The summed E-state index contributed by atoms with van der Waals surface area (Å²) in [5, 5.41) is 124. The molecule has 2 fully saturated rings. The van der Waals surface area contributed by atoms with Gasteiger partial charge >= 0.3 is 18.0 Å². The van der Waals surface area contributed by atoms with Crippen LogP contribution in [0, 0.1) is 17.8 Å². The van der Waals surface area contributed by atoms with Gasteiger partial charge in [0.1, 0.15) is 30.8 Å². The zero-order valence-electron chi connectivity index (χ0n) is 46.7. The number of hydrogen-bond acceptors (Lipinski definition) is 18. The number of aliphatic carboxylic acids is 1. The van der Waals surface area contributed by atoms with Crippen LogP contribution < -0.4 is 5.32 Å². The Bertz CT molecular complexity index is 2550. The summed E-state index contributed by atoms with van der Waals surface area (Å²) < 4.78 is 29.5. The van der Waals surface area contributed by atoms with Gasteiger partial charge in [0, 0.05) is 43.4 Å². The molecule has 20 heteroatoms. The van der Waals surface area contributed by atoms with E-state index in [4.69, 9.17) is 23.7 Å². The van der Waals surface area contributed by atoms with Crippen LogP contribution in [0.2, 0.25) is 0 Å². The molecule has 450 valence electrons. The number of carboxylic acids is 1. The van der Waals surface area contributed by atoms with Gasteiger partial charge in [-0.15, -0.1) is 0 Å². The number of aliphatic hydroxyl groups is 10. The Morgan fingerprint density at radius 1 is 0.634 bits per heavy atom. The summed E-state index contributed by atoms with van der Waals surface area (Å²) in [5.41, 5.74) is 3.98. The van der Waals surface area contributed by atoms with Crippen molar-refractivity contribution in [3.05, 3.63) is 145 Å². The van der Waals surface area contributed by atoms with Crippen molar-refractivity contribution in [3.8, 4) is 11.1 Å². The summed E-state index contributed by atoms with van der Waals surface area (Å²) in [5.74, 6) is -7.35. The van der Waals surface area contributed by atoms with E-state index < -0.39 is 159 Å².